The molecular weight excluding hydrogens is 729 g/mol. The zero-order valence-corrected chi connectivity index (χ0v) is 32.6. The molecule has 1 aromatic heterocycles. The van der Waals surface area contributed by atoms with Crippen molar-refractivity contribution < 1.29 is 23.9 Å². The van der Waals surface area contributed by atoms with E-state index in [4.69, 9.17) is 15.2 Å². The molecule has 0 spiro atoms. The van der Waals surface area contributed by atoms with Crippen molar-refractivity contribution in [3.63, 3.8) is 0 Å². The number of anilines is 2. The molecular formula is C37H50Cl3N7O5. The number of piperazine rings is 1. The summed E-state index contributed by atoms with van der Waals surface area (Å²) in [4.78, 5) is 53.1. The van der Waals surface area contributed by atoms with E-state index in [1.165, 1.54) is 7.11 Å². The van der Waals surface area contributed by atoms with E-state index in [0.717, 1.165) is 56.5 Å². The summed E-state index contributed by atoms with van der Waals surface area (Å²) in [5.74, 6) is 1.29. The topological polar surface area (TPSA) is 146 Å². The van der Waals surface area contributed by atoms with Gasteiger partial charge in [-0.25, -0.2) is 4.98 Å². The monoisotopic (exact) mass is 777 g/mol. The van der Waals surface area contributed by atoms with E-state index in [1.807, 2.05) is 36.1 Å². The lowest BCUT2D eigenvalue weighted by Crippen LogP contribution is -2.47. The Morgan fingerprint density at radius 1 is 0.962 bits per heavy atom. The highest BCUT2D eigenvalue weighted by Crippen LogP contribution is 2.32. The van der Waals surface area contributed by atoms with Gasteiger partial charge in [-0.2, -0.15) is 0 Å². The van der Waals surface area contributed by atoms with Gasteiger partial charge >= 0.3 is 0 Å². The molecule has 0 radical (unpaired) electrons. The number of benzene rings is 3. The van der Waals surface area contributed by atoms with E-state index < -0.39 is 0 Å². The van der Waals surface area contributed by atoms with Crippen LogP contribution in [0.4, 0.5) is 11.4 Å². The Hall–Kier alpha value is -4.07. The molecule has 4 N–H and O–H groups in total. The van der Waals surface area contributed by atoms with Gasteiger partial charge in [0.25, 0.3) is 11.8 Å². The predicted molar refractivity (Wildman–Crippen MR) is 213 cm³/mol. The first-order chi connectivity index (χ1) is 23.7. The number of fused-ring (bicyclic) bond motifs is 1. The summed E-state index contributed by atoms with van der Waals surface area (Å²) in [5.41, 5.74) is 9.85. The zero-order chi connectivity index (χ0) is 34.9. The lowest BCUT2D eigenvalue weighted by atomic mass is 10.1. The van der Waals surface area contributed by atoms with Gasteiger partial charge in [-0.3, -0.25) is 14.4 Å². The molecule has 1 aliphatic rings. The number of methoxy groups -OCH3 is 1. The van der Waals surface area contributed by atoms with Crippen LogP contribution in [0.1, 0.15) is 57.8 Å². The van der Waals surface area contributed by atoms with Gasteiger partial charge in [-0.15, -0.1) is 37.2 Å². The van der Waals surface area contributed by atoms with Gasteiger partial charge in [0.2, 0.25) is 5.91 Å². The highest BCUT2D eigenvalue weighted by molar-refractivity contribution is 6.12. The van der Waals surface area contributed by atoms with Crippen LogP contribution in [0.25, 0.3) is 11.0 Å². The van der Waals surface area contributed by atoms with Crippen molar-refractivity contribution in [2.45, 2.75) is 39.0 Å². The van der Waals surface area contributed by atoms with Crippen LogP contribution in [0, 0.1) is 6.92 Å². The Kier molecular flexibility index (Phi) is 17.7. The molecule has 0 atom stereocenters. The number of unbranched alkanes of at least 4 members (excludes halogenated alkanes) is 2. The van der Waals surface area contributed by atoms with Crippen molar-refractivity contribution in [3.8, 4) is 11.5 Å². The Morgan fingerprint density at radius 2 is 1.71 bits per heavy atom. The van der Waals surface area contributed by atoms with Crippen LogP contribution in [-0.4, -0.2) is 98.0 Å². The smallest absolute Gasteiger partial charge is 0.258 e. The lowest BCUT2D eigenvalue weighted by molar-refractivity contribution is -0.132. The van der Waals surface area contributed by atoms with Crippen LogP contribution in [0.15, 0.2) is 54.6 Å². The summed E-state index contributed by atoms with van der Waals surface area (Å²) in [6.45, 7) is 6.35. The number of amides is 3. The SMILES string of the molecule is COc1cc(C(=O)N(C)c2ccc(C)cc2OCCCCCC(=O)N2CCN(C)CC2)ccc1NC(=O)c1cccc2[nH]c(CCN)nc12.Cl.Cl.Cl. The van der Waals surface area contributed by atoms with Gasteiger partial charge in [0.15, 0.2) is 0 Å². The fourth-order valence-corrected chi connectivity index (χ4v) is 5.91. The van der Waals surface area contributed by atoms with E-state index in [-0.39, 0.29) is 54.9 Å². The fraction of sp³-hybridized carbons (Fsp3) is 0.405. The molecule has 2 heterocycles. The van der Waals surface area contributed by atoms with Crippen LogP contribution in [0.5, 0.6) is 11.5 Å². The van der Waals surface area contributed by atoms with Gasteiger partial charge in [0, 0.05) is 51.6 Å². The molecule has 0 aliphatic carbocycles. The quantitative estimate of drug-likeness (QED) is 0.135. The molecule has 0 bridgehead atoms. The number of hydrogen-bond acceptors (Lipinski definition) is 8. The molecule has 3 amide bonds. The van der Waals surface area contributed by atoms with Crippen LogP contribution >= 0.6 is 37.2 Å². The highest BCUT2D eigenvalue weighted by Gasteiger charge is 2.22. The average Bonchev–Trinajstić information content (AvgIpc) is 3.52. The van der Waals surface area contributed by atoms with E-state index in [2.05, 4.69) is 27.2 Å². The van der Waals surface area contributed by atoms with E-state index in [0.29, 0.717) is 71.3 Å². The number of nitrogens with two attached hydrogens (primary N) is 1. The average molecular weight is 779 g/mol. The van der Waals surface area contributed by atoms with Crippen LogP contribution < -0.4 is 25.4 Å². The fourth-order valence-electron chi connectivity index (χ4n) is 5.91. The Bertz CT molecular complexity index is 1800. The maximum Gasteiger partial charge on any atom is 0.258 e. The molecule has 0 saturated carbocycles. The maximum atomic E-state index is 13.7. The third-order valence-corrected chi connectivity index (χ3v) is 8.81. The van der Waals surface area contributed by atoms with E-state index >= 15 is 0 Å². The van der Waals surface area contributed by atoms with Gasteiger partial charge < -0.3 is 40.2 Å². The number of carbonyl (C=O) groups excluding carboxylic acids is 3. The van der Waals surface area contributed by atoms with Crippen LogP contribution in [-0.2, 0) is 11.2 Å². The second-order valence-corrected chi connectivity index (χ2v) is 12.5. The zero-order valence-electron chi connectivity index (χ0n) is 30.1. The summed E-state index contributed by atoms with van der Waals surface area (Å²) < 4.78 is 11.8. The molecule has 0 unspecified atom stereocenters. The summed E-state index contributed by atoms with van der Waals surface area (Å²) in [6.07, 6.45) is 3.63. The number of likely N-dealkylation sites (N-methyl/N-ethyl adjacent to an activating group) is 1. The van der Waals surface area contributed by atoms with Crippen LogP contribution in [0.3, 0.4) is 0 Å². The maximum absolute atomic E-state index is 13.7. The van der Waals surface area contributed by atoms with Crippen molar-refractivity contribution in [3.05, 3.63) is 77.1 Å². The minimum atomic E-state index is -0.353. The first-order valence-electron chi connectivity index (χ1n) is 16.8. The number of rotatable bonds is 14. The van der Waals surface area contributed by atoms with Crippen molar-refractivity contribution >= 4 is 77.4 Å². The Labute approximate surface area is 324 Å². The standard InChI is InChI=1S/C37H47N7O5.3ClH/c1-25-12-15-30(32(23-25)49-22-7-5-6-11-34(45)44-20-18-42(2)19-21-44)43(3)37(47)26-13-14-28(31(24-26)48-4)40-36(46)27-9-8-10-29-35(27)41-33(39-29)16-17-38;;;/h8-10,12-15,23-24H,5-7,11,16-22,38H2,1-4H3,(H,39,41)(H,40,46);3*1H. The normalized spacial score (nSPS) is 12.6. The molecule has 1 saturated heterocycles. The molecule has 3 aromatic carbocycles. The summed E-state index contributed by atoms with van der Waals surface area (Å²) in [5, 5.41) is 2.91. The summed E-state index contributed by atoms with van der Waals surface area (Å²) in [6, 6.07) is 16.0. The molecule has 5 rings (SSSR count). The lowest BCUT2D eigenvalue weighted by Gasteiger charge is -2.32. The molecule has 52 heavy (non-hydrogen) atoms. The number of aromatic amines is 1. The van der Waals surface area contributed by atoms with Crippen molar-refractivity contribution in [1.82, 2.24) is 19.8 Å². The summed E-state index contributed by atoms with van der Waals surface area (Å²) >= 11 is 0. The van der Waals surface area contributed by atoms with Gasteiger partial charge in [-0.05, 0) is 87.8 Å². The Balaban J connectivity index is 0.00000312. The molecule has 284 valence electrons. The van der Waals surface area contributed by atoms with Gasteiger partial charge in [-0.1, -0.05) is 12.1 Å². The van der Waals surface area contributed by atoms with Gasteiger partial charge in [0.1, 0.15) is 22.8 Å². The third-order valence-electron chi connectivity index (χ3n) is 8.81. The van der Waals surface area contributed by atoms with Crippen molar-refractivity contribution in [2.75, 3.05) is 70.8 Å². The number of nitrogens with one attached hydrogen (secondary N) is 2. The first kappa shape index (κ1) is 44.1. The number of aromatic nitrogens is 2. The van der Waals surface area contributed by atoms with Crippen molar-refractivity contribution in [1.29, 1.82) is 0 Å². The molecule has 1 fully saturated rings. The van der Waals surface area contributed by atoms with E-state index in [1.54, 1.807) is 42.3 Å². The number of H-pyrrole nitrogens is 1. The second-order valence-electron chi connectivity index (χ2n) is 12.5. The molecule has 1 aliphatic heterocycles. The highest BCUT2D eigenvalue weighted by atomic mass is 35.5. The minimum Gasteiger partial charge on any atom is -0.495 e. The number of hydrogen-bond donors (Lipinski definition) is 3. The molecule has 15 heteroatoms. The summed E-state index contributed by atoms with van der Waals surface area (Å²) in [7, 11) is 5.28. The number of halogens is 3. The minimum absolute atomic E-state index is 0. The van der Waals surface area contributed by atoms with E-state index in [9.17, 15) is 14.4 Å². The number of imidazole rings is 1. The van der Waals surface area contributed by atoms with Gasteiger partial charge in [0.05, 0.1) is 36.2 Å². The molecule has 12 nitrogen and oxygen atoms in total. The number of nitrogens with zero attached hydrogens (tertiary/aromatic N) is 4. The van der Waals surface area contributed by atoms with Crippen LogP contribution in [0.2, 0.25) is 0 Å². The first-order valence-corrected chi connectivity index (χ1v) is 16.8. The number of para-hydroxylation sites is 1. The predicted octanol–water partition coefficient (Wildman–Crippen LogP) is 5.89. The number of aryl methyl sites for hydroxylation is 1. The third kappa shape index (κ3) is 11.0. The number of ether oxygens (including phenoxy) is 2. The molecule has 4 aromatic rings. The Morgan fingerprint density at radius 3 is 2.42 bits per heavy atom. The largest absolute Gasteiger partial charge is 0.495 e. The second kappa shape index (κ2) is 20.8. The number of carbonyl (C=O) groups is 3. The van der Waals surface area contributed by atoms with Crippen molar-refractivity contribution in [2.24, 2.45) is 5.73 Å².